The highest BCUT2D eigenvalue weighted by molar-refractivity contribution is 14.1. The molecule has 0 fully saturated rings. The Balaban J connectivity index is 3.21. The number of carbonyl (C=O) groups excluding carboxylic acids is 1. The summed E-state index contributed by atoms with van der Waals surface area (Å²) in [7, 11) is -1.67. The van der Waals surface area contributed by atoms with Gasteiger partial charge in [0.15, 0.2) is 6.29 Å². The lowest BCUT2D eigenvalue weighted by molar-refractivity contribution is 0.112. The number of hydrogen-bond acceptors (Lipinski definition) is 2. The molecule has 1 aromatic carbocycles. The Bertz CT molecular complexity index is 388. The van der Waals surface area contributed by atoms with Crippen molar-refractivity contribution in [3.05, 3.63) is 25.7 Å². The highest BCUT2D eigenvalue weighted by Gasteiger charge is 2.20. The SMILES string of the molecule is C[Si](C)(C)Oc1c(I)cc(Br)cc1C=O. The van der Waals surface area contributed by atoms with Crippen LogP contribution in [0.4, 0.5) is 0 Å². The van der Waals surface area contributed by atoms with E-state index in [2.05, 4.69) is 58.2 Å². The molecule has 82 valence electrons. The lowest BCUT2D eigenvalue weighted by Gasteiger charge is -2.21. The number of halogens is 2. The average molecular weight is 399 g/mol. The van der Waals surface area contributed by atoms with Gasteiger partial charge in [-0.1, -0.05) is 15.9 Å². The molecule has 1 aromatic rings. The third-order valence-corrected chi connectivity index (χ3v) is 3.65. The van der Waals surface area contributed by atoms with E-state index < -0.39 is 8.32 Å². The van der Waals surface area contributed by atoms with Crippen molar-refractivity contribution in [1.29, 1.82) is 0 Å². The highest BCUT2D eigenvalue weighted by atomic mass is 127. The molecule has 0 bridgehead atoms. The maximum Gasteiger partial charge on any atom is 0.242 e. The quantitative estimate of drug-likeness (QED) is 0.435. The van der Waals surface area contributed by atoms with Gasteiger partial charge < -0.3 is 4.43 Å². The molecule has 0 amide bonds. The Morgan fingerprint density at radius 2 is 2.00 bits per heavy atom. The summed E-state index contributed by atoms with van der Waals surface area (Å²) in [4.78, 5) is 10.9. The Hall–Kier alpha value is 0.117. The fourth-order valence-corrected chi connectivity index (χ4v) is 3.79. The van der Waals surface area contributed by atoms with Crippen LogP contribution in [0.3, 0.4) is 0 Å². The summed E-state index contributed by atoms with van der Waals surface area (Å²) >= 11 is 5.54. The molecule has 0 saturated carbocycles. The van der Waals surface area contributed by atoms with Gasteiger partial charge in [-0.2, -0.15) is 0 Å². The molecule has 1 rings (SSSR count). The second kappa shape index (κ2) is 4.97. The minimum Gasteiger partial charge on any atom is -0.543 e. The van der Waals surface area contributed by atoms with Gasteiger partial charge in [-0.3, -0.25) is 4.79 Å². The second-order valence-electron chi connectivity index (χ2n) is 4.14. The van der Waals surface area contributed by atoms with Crippen molar-refractivity contribution in [2.75, 3.05) is 0 Å². The average Bonchev–Trinajstić information content (AvgIpc) is 2.07. The zero-order chi connectivity index (χ0) is 11.6. The van der Waals surface area contributed by atoms with E-state index in [9.17, 15) is 4.79 Å². The Labute approximate surface area is 113 Å². The third-order valence-electron chi connectivity index (χ3n) is 1.57. The molecule has 0 aliphatic carbocycles. The van der Waals surface area contributed by atoms with Crippen molar-refractivity contribution < 1.29 is 9.22 Å². The van der Waals surface area contributed by atoms with Crippen molar-refractivity contribution in [3.63, 3.8) is 0 Å². The van der Waals surface area contributed by atoms with Crippen LogP contribution in [-0.2, 0) is 0 Å². The van der Waals surface area contributed by atoms with Crippen molar-refractivity contribution in [2.45, 2.75) is 19.6 Å². The topological polar surface area (TPSA) is 26.3 Å². The van der Waals surface area contributed by atoms with Gasteiger partial charge in [0, 0.05) is 4.47 Å². The van der Waals surface area contributed by atoms with E-state index in [1.165, 1.54) is 0 Å². The summed E-state index contributed by atoms with van der Waals surface area (Å²) in [5.41, 5.74) is 0.608. The summed E-state index contributed by atoms with van der Waals surface area (Å²) in [6.07, 6.45) is 0.836. The normalized spacial score (nSPS) is 11.3. The second-order valence-corrected chi connectivity index (χ2v) is 10.6. The van der Waals surface area contributed by atoms with E-state index >= 15 is 0 Å². The first kappa shape index (κ1) is 13.2. The monoisotopic (exact) mass is 398 g/mol. The smallest absolute Gasteiger partial charge is 0.242 e. The van der Waals surface area contributed by atoms with Crippen LogP contribution in [0, 0.1) is 3.57 Å². The molecule has 0 aliphatic rings. The minimum absolute atomic E-state index is 0.608. The predicted molar refractivity (Wildman–Crippen MR) is 76.2 cm³/mol. The first-order valence-electron chi connectivity index (χ1n) is 4.47. The summed E-state index contributed by atoms with van der Waals surface area (Å²) in [6, 6.07) is 3.73. The Morgan fingerprint density at radius 1 is 1.40 bits per heavy atom. The van der Waals surface area contributed by atoms with Gasteiger partial charge in [0.2, 0.25) is 8.32 Å². The number of carbonyl (C=O) groups is 1. The fraction of sp³-hybridized carbons (Fsp3) is 0.300. The van der Waals surface area contributed by atoms with Crippen LogP contribution in [0.5, 0.6) is 5.75 Å². The Kier molecular flexibility index (Phi) is 4.36. The highest BCUT2D eigenvalue weighted by Crippen LogP contribution is 2.30. The van der Waals surface area contributed by atoms with Crippen molar-refractivity contribution in [2.24, 2.45) is 0 Å². The number of rotatable bonds is 3. The lowest BCUT2D eigenvalue weighted by atomic mass is 10.2. The molecule has 0 spiro atoms. The van der Waals surface area contributed by atoms with Crippen LogP contribution >= 0.6 is 38.5 Å². The molecule has 0 aromatic heterocycles. The summed E-state index contributed by atoms with van der Waals surface area (Å²) in [5.74, 6) is 0.716. The lowest BCUT2D eigenvalue weighted by Crippen LogP contribution is -2.30. The van der Waals surface area contributed by atoms with E-state index in [0.29, 0.717) is 11.3 Å². The van der Waals surface area contributed by atoms with E-state index in [1.54, 1.807) is 6.07 Å². The fourth-order valence-electron chi connectivity index (χ4n) is 1.08. The molecule has 2 nitrogen and oxygen atoms in total. The van der Waals surface area contributed by atoms with Crippen LogP contribution < -0.4 is 4.43 Å². The van der Waals surface area contributed by atoms with Crippen LogP contribution in [0.15, 0.2) is 16.6 Å². The number of benzene rings is 1. The van der Waals surface area contributed by atoms with E-state index in [1.807, 2.05) is 6.07 Å². The number of aldehydes is 1. The van der Waals surface area contributed by atoms with Crippen molar-refractivity contribution in [1.82, 2.24) is 0 Å². The molecule has 0 saturated heterocycles. The van der Waals surface area contributed by atoms with Gasteiger partial charge in [0.25, 0.3) is 0 Å². The maximum atomic E-state index is 10.9. The number of hydrogen-bond donors (Lipinski definition) is 0. The largest absolute Gasteiger partial charge is 0.543 e. The zero-order valence-electron chi connectivity index (χ0n) is 8.80. The molecular formula is C10H12BrIO2Si. The molecular weight excluding hydrogens is 387 g/mol. The molecule has 0 radical (unpaired) electrons. The van der Waals surface area contributed by atoms with Crippen LogP contribution in [0.1, 0.15) is 10.4 Å². The first-order valence-corrected chi connectivity index (χ1v) is 9.75. The molecule has 0 N–H and O–H groups in total. The van der Waals surface area contributed by atoms with E-state index in [-0.39, 0.29) is 0 Å². The van der Waals surface area contributed by atoms with E-state index in [0.717, 1.165) is 14.3 Å². The van der Waals surface area contributed by atoms with Gasteiger partial charge in [-0.15, -0.1) is 0 Å². The summed E-state index contributed by atoms with van der Waals surface area (Å²) in [6.45, 7) is 6.29. The maximum absolute atomic E-state index is 10.9. The predicted octanol–water partition coefficient (Wildman–Crippen LogP) is 4.08. The molecule has 15 heavy (non-hydrogen) atoms. The van der Waals surface area contributed by atoms with Crippen LogP contribution in [0.2, 0.25) is 19.6 Å². The summed E-state index contributed by atoms with van der Waals surface area (Å²) in [5, 5.41) is 0. The minimum atomic E-state index is -1.67. The zero-order valence-corrected chi connectivity index (χ0v) is 13.5. The van der Waals surface area contributed by atoms with Crippen LogP contribution in [-0.4, -0.2) is 14.6 Å². The molecule has 0 unspecified atom stereocenters. The molecule has 5 heteroatoms. The third kappa shape index (κ3) is 3.88. The summed E-state index contributed by atoms with van der Waals surface area (Å²) < 4.78 is 7.75. The van der Waals surface area contributed by atoms with Crippen LogP contribution in [0.25, 0.3) is 0 Å². The van der Waals surface area contributed by atoms with Gasteiger partial charge in [0.05, 0.1) is 9.13 Å². The molecule has 0 heterocycles. The van der Waals surface area contributed by atoms with Gasteiger partial charge in [0.1, 0.15) is 5.75 Å². The van der Waals surface area contributed by atoms with E-state index in [4.69, 9.17) is 4.43 Å². The van der Waals surface area contributed by atoms with Gasteiger partial charge in [-0.05, 0) is 54.4 Å². The van der Waals surface area contributed by atoms with Crippen molar-refractivity contribution in [3.8, 4) is 5.75 Å². The van der Waals surface area contributed by atoms with Gasteiger partial charge >= 0.3 is 0 Å². The first-order chi connectivity index (χ1) is 6.83. The Morgan fingerprint density at radius 3 is 2.47 bits per heavy atom. The van der Waals surface area contributed by atoms with Crippen molar-refractivity contribution >= 4 is 53.1 Å². The molecule has 0 aliphatic heterocycles. The van der Waals surface area contributed by atoms with Gasteiger partial charge in [-0.25, -0.2) is 0 Å². The molecule has 0 atom stereocenters. The standard InChI is InChI=1S/C10H12BrIO2Si/c1-15(2,3)14-10-7(6-13)4-8(11)5-9(10)12/h4-6H,1-3H3.